The molecule has 1 N–H and O–H groups in total. The van der Waals surface area contributed by atoms with Crippen LogP contribution in [0.4, 0.5) is 5.69 Å². The molecule has 2 aromatic carbocycles. The van der Waals surface area contributed by atoms with E-state index in [9.17, 15) is 14.4 Å². The largest absolute Gasteiger partial charge is 0.457 e. The molecule has 1 aliphatic rings. The van der Waals surface area contributed by atoms with Crippen molar-refractivity contribution in [3.05, 3.63) is 131 Å². The molecule has 0 unspecified atom stereocenters. The molecule has 0 radical (unpaired) electrons. The summed E-state index contributed by atoms with van der Waals surface area (Å²) >= 11 is 2.75. The predicted octanol–water partition coefficient (Wildman–Crippen LogP) is 5.40. The van der Waals surface area contributed by atoms with Crippen molar-refractivity contribution in [1.82, 2.24) is 4.57 Å². The van der Waals surface area contributed by atoms with Crippen LogP contribution < -0.4 is 20.2 Å². The van der Waals surface area contributed by atoms with Crippen molar-refractivity contribution in [1.29, 1.82) is 0 Å². The maximum Gasteiger partial charge on any atom is 0.271 e. The van der Waals surface area contributed by atoms with Crippen LogP contribution in [-0.2, 0) is 4.79 Å². The Morgan fingerprint density at radius 3 is 2.48 bits per heavy atom. The molecule has 3 aromatic heterocycles. The number of Topliss-reactive ketones (excluding diaryl/α,β-unsaturated/α-hetero) is 1. The van der Waals surface area contributed by atoms with Crippen LogP contribution in [0.5, 0.6) is 0 Å². The zero-order valence-corrected chi connectivity index (χ0v) is 23.2. The van der Waals surface area contributed by atoms with E-state index in [-0.39, 0.29) is 17.2 Å². The normalized spacial score (nSPS) is 15.1. The van der Waals surface area contributed by atoms with Crippen molar-refractivity contribution in [3.63, 3.8) is 0 Å². The third-order valence-electron chi connectivity index (χ3n) is 6.59. The number of aromatic nitrogens is 1. The van der Waals surface area contributed by atoms with Gasteiger partial charge < -0.3 is 9.73 Å². The minimum Gasteiger partial charge on any atom is -0.457 e. The van der Waals surface area contributed by atoms with Crippen molar-refractivity contribution >= 4 is 46.1 Å². The highest BCUT2D eigenvalue weighted by molar-refractivity contribution is 7.10. The van der Waals surface area contributed by atoms with Crippen molar-refractivity contribution in [2.75, 3.05) is 5.32 Å². The van der Waals surface area contributed by atoms with Crippen LogP contribution in [0.15, 0.2) is 110 Å². The summed E-state index contributed by atoms with van der Waals surface area (Å²) in [6, 6.07) is 23.3. The molecule has 40 heavy (non-hydrogen) atoms. The molecule has 0 bridgehead atoms. The molecule has 1 amide bonds. The Labute approximate surface area is 237 Å². The molecule has 0 saturated carbocycles. The number of nitrogens with zero attached hydrogens (tertiary/aromatic N) is 2. The Hall–Kier alpha value is -4.60. The summed E-state index contributed by atoms with van der Waals surface area (Å²) < 4.78 is 8.07. The molecule has 9 heteroatoms. The van der Waals surface area contributed by atoms with Crippen molar-refractivity contribution in [3.8, 4) is 11.3 Å². The van der Waals surface area contributed by atoms with Gasteiger partial charge in [0, 0.05) is 27.8 Å². The van der Waals surface area contributed by atoms with Crippen molar-refractivity contribution in [2.45, 2.75) is 19.9 Å². The van der Waals surface area contributed by atoms with Crippen LogP contribution >= 0.6 is 22.7 Å². The van der Waals surface area contributed by atoms with Crippen LogP contribution in [0.3, 0.4) is 0 Å². The fourth-order valence-electron chi connectivity index (χ4n) is 4.63. The maximum atomic E-state index is 13.8. The van der Waals surface area contributed by atoms with Crippen molar-refractivity contribution < 1.29 is 14.0 Å². The van der Waals surface area contributed by atoms with Crippen LogP contribution in [-0.4, -0.2) is 16.3 Å². The molecule has 0 aliphatic carbocycles. The zero-order chi connectivity index (χ0) is 27.8. The second kappa shape index (κ2) is 10.5. The van der Waals surface area contributed by atoms with Crippen LogP contribution in [0.25, 0.3) is 17.4 Å². The summed E-state index contributed by atoms with van der Waals surface area (Å²) in [5, 5.41) is 4.88. The summed E-state index contributed by atoms with van der Waals surface area (Å²) in [6.07, 6.45) is 1.70. The van der Waals surface area contributed by atoms with Crippen molar-refractivity contribution in [2.24, 2.45) is 4.99 Å². The first-order valence-corrected chi connectivity index (χ1v) is 14.2. The SMILES string of the molecule is CC(=O)c1ccc(-c2ccc(/C=c3\sc4n(c3=O)[C@@H](c3cccs3)C(C(=O)Nc3ccccc3)=C(C)N=4)o2)cc1. The van der Waals surface area contributed by atoms with E-state index in [0.29, 0.717) is 43.4 Å². The number of rotatable bonds is 6. The quantitative estimate of drug-likeness (QED) is 0.279. The smallest absolute Gasteiger partial charge is 0.271 e. The first-order chi connectivity index (χ1) is 19.4. The average Bonchev–Trinajstić information content (AvgIpc) is 3.71. The molecule has 7 nitrogen and oxygen atoms in total. The fraction of sp³-hybridized carbons (Fsp3) is 0.0968. The van der Waals surface area contributed by atoms with E-state index in [1.165, 1.54) is 29.6 Å². The maximum absolute atomic E-state index is 13.8. The number of anilines is 1. The summed E-state index contributed by atoms with van der Waals surface area (Å²) in [5.74, 6) is 0.841. The number of carbonyl (C=O) groups excluding carboxylic acids is 2. The minimum atomic E-state index is -0.603. The van der Waals surface area contributed by atoms with Gasteiger partial charge in [-0.25, -0.2) is 4.99 Å². The molecule has 0 saturated heterocycles. The Morgan fingerprint density at radius 1 is 1.00 bits per heavy atom. The Bertz CT molecular complexity index is 1940. The van der Waals surface area contributed by atoms with Gasteiger partial charge in [0.25, 0.3) is 11.5 Å². The van der Waals surface area contributed by atoms with Gasteiger partial charge in [-0.2, -0.15) is 0 Å². The van der Waals surface area contributed by atoms with Crippen LogP contribution in [0.2, 0.25) is 0 Å². The highest BCUT2D eigenvalue weighted by Gasteiger charge is 2.33. The number of para-hydroxylation sites is 1. The second-order valence-electron chi connectivity index (χ2n) is 9.25. The third kappa shape index (κ3) is 4.81. The van der Waals surface area contributed by atoms with E-state index in [4.69, 9.17) is 4.42 Å². The Kier molecular flexibility index (Phi) is 6.75. The van der Waals surface area contributed by atoms with E-state index >= 15 is 0 Å². The van der Waals surface area contributed by atoms with Gasteiger partial charge in [-0.15, -0.1) is 11.3 Å². The van der Waals surface area contributed by atoms with Crippen LogP contribution in [0, 0.1) is 0 Å². The van der Waals surface area contributed by atoms with E-state index in [2.05, 4.69) is 10.3 Å². The predicted molar refractivity (Wildman–Crippen MR) is 157 cm³/mol. The van der Waals surface area contributed by atoms with Gasteiger partial charge >= 0.3 is 0 Å². The molecule has 6 rings (SSSR count). The lowest BCUT2D eigenvalue weighted by Gasteiger charge is -2.24. The molecule has 1 atom stereocenters. The average molecular weight is 566 g/mol. The number of hydrogen-bond acceptors (Lipinski definition) is 7. The van der Waals surface area contributed by atoms with E-state index in [1.54, 1.807) is 35.8 Å². The topological polar surface area (TPSA) is 93.7 Å². The molecule has 0 fully saturated rings. The van der Waals surface area contributed by atoms with Gasteiger partial charge in [-0.05, 0) is 49.6 Å². The standard InChI is InChI=1S/C31H23N3O4S2/c1-18-27(29(36)33-22-7-4-3-5-8-22)28(25-9-6-16-39-25)34-30(37)26(40-31(34)32-18)17-23-14-15-24(38-23)21-12-10-20(11-13-21)19(2)35/h3-17,28H,1-2H3,(H,33,36)/b26-17-/t28-/m0/s1. The molecule has 198 valence electrons. The Balaban J connectivity index is 1.39. The number of benzene rings is 2. The number of hydrogen-bond donors (Lipinski definition) is 1. The lowest BCUT2D eigenvalue weighted by atomic mass is 10.0. The molecule has 5 aromatic rings. The summed E-state index contributed by atoms with van der Waals surface area (Å²) in [6.45, 7) is 3.33. The monoisotopic (exact) mass is 565 g/mol. The third-order valence-corrected chi connectivity index (χ3v) is 8.49. The number of amides is 1. The van der Waals surface area contributed by atoms with E-state index in [1.807, 2.05) is 66.0 Å². The second-order valence-corrected chi connectivity index (χ2v) is 11.2. The number of carbonyl (C=O) groups is 2. The molecule has 4 heterocycles. The van der Waals surface area contributed by atoms with Crippen LogP contribution in [0.1, 0.15) is 40.9 Å². The van der Waals surface area contributed by atoms with Gasteiger partial charge in [-0.3, -0.25) is 19.0 Å². The first kappa shape index (κ1) is 25.7. The number of nitrogens with one attached hydrogen (secondary N) is 1. The number of allylic oxidation sites excluding steroid dienone is 1. The lowest BCUT2D eigenvalue weighted by Crippen LogP contribution is -2.40. The van der Waals surface area contributed by atoms with E-state index in [0.717, 1.165) is 10.4 Å². The number of ketones is 1. The molecule has 0 spiro atoms. The highest BCUT2D eigenvalue weighted by Crippen LogP contribution is 2.33. The lowest BCUT2D eigenvalue weighted by molar-refractivity contribution is -0.113. The van der Waals surface area contributed by atoms with Gasteiger partial charge in [-0.1, -0.05) is 59.9 Å². The van der Waals surface area contributed by atoms with Gasteiger partial charge in [0.1, 0.15) is 17.6 Å². The number of thiophene rings is 1. The van der Waals surface area contributed by atoms with Gasteiger partial charge in [0.2, 0.25) is 0 Å². The van der Waals surface area contributed by atoms with Gasteiger partial charge in [0.15, 0.2) is 10.6 Å². The summed E-state index contributed by atoms with van der Waals surface area (Å²) in [5.41, 5.74) is 2.87. The minimum absolute atomic E-state index is 0.00106. The molecular formula is C31H23N3O4S2. The summed E-state index contributed by atoms with van der Waals surface area (Å²) in [4.78, 5) is 45.0. The van der Waals surface area contributed by atoms with E-state index < -0.39 is 6.04 Å². The number of thiazole rings is 1. The fourth-order valence-corrected chi connectivity index (χ4v) is 6.48. The molecular weight excluding hydrogens is 542 g/mol. The summed E-state index contributed by atoms with van der Waals surface area (Å²) in [7, 11) is 0. The highest BCUT2D eigenvalue weighted by atomic mass is 32.1. The first-order valence-electron chi connectivity index (χ1n) is 12.5. The number of furan rings is 1. The number of fused-ring (bicyclic) bond motifs is 1. The Morgan fingerprint density at radius 2 is 1.77 bits per heavy atom. The van der Waals surface area contributed by atoms with Gasteiger partial charge in [0.05, 0.1) is 15.8 Å². The zero-order valence-electron chi connectivity index (χ0n) is 21.6. The molecule has 1 aliphatic heterocycles.